The van der Waals surface area contributed by atoms with Gasteiger partial charge in [-0.1, -0.05) is 6.07 Å². The maximum absolute atomic E-state index is 10.6. The number of rotatable bonds is 7. The molecule has 0 saturated heterocycles. The van der Waals surface area contributed by atoms with E-state index < -0.39 is 5.97 Å². The fraction of sp³-hybridized carbons (Fsp3) is 0.412. The number of carboxylic acid groups (broad SMARTS) is 1. The lowest BCUT2D eigenvalue weighted by Gasteiger charge is -2.07. The maximum atomic E-state index is 10.6. The number of aryl methyl sites for hydroxylation is 3. The van der Waals surface area contributed by atoms with Crippen LogP contribution in [0.15, 0.2) is 23.6 Å². The number of nitrogens with zero attached hydrogens (tertiary/aromatic N) is 1. The second-order valence-corrected chi connectivity index (χ2v) is 6.48. The first-order valence-corrected chi connectivity index (χ1v) is 8.48. The molecule has 116 valence electrons. The van der Waals surface area contributed by atoms with E-state index in [1.54, 1.807) is 0 Å². The Bertz CT molecular complexity index is 666. The van der Waals surface area contributed by atoms with E-state index in [1.807, 2.05) is 5.38 Å². The molecule has 0 spiro atoms. The summed E-state index contributed by atoms with van der Waals surface area (Å²) >= 11 is 1.52. The number of thiazole rings is 1. The largest absolute Gasteiger partial charge is 0.494 e. The standard InChI is InChI=1S/C17H19NO3S/c19-17(20)10-14-11-22-16(18-14)5-2-8-21-15-7-6-12-3-1-4-13(12)9-15/h6-7,9,11H,1-5,8,10H2,(H,19,20). The van der Waals surface area contributed by atoms with Gasteiger partial charge in [0, 0.05) is 11.8 Å². The number of benzene rings is 1. The van der Waals surface area contributed by atoms with Gasteiger partial charge in [-0.05, 0) is 48.9 Å². The molecule has 0 aliphatic heterocycles. The zero-order valence-electron chi connectivity index (χ0n) is 12.4. The SMILES string of the molecule is O=C(O)Cc1csc(CCCOc2ccc3c(c2)CCC3)n1. The lowest BCUT2D eigenvalue weighted by atomic mass is 10.1. The van der Waals surface area contributed by atoms with Crippen molar-refractivity contribution in [3.05, 3.63) is 45.4 Å². The number of hydrogen-bond acceptors (Lipinski definition) is 4. The lowest BCUT2D eigenvalue weighted by Crippen LogP contribution is -2.02. The van der Waals surface area contributed by atoms with Crippen molar-refractivity contribution >= 4 is 17.3 Å². The Kier molecular flexibility index (Phi) is 4.73. The molecule has 0 amide bonds. The van der Waals surface area contributed by atoms with Gasteiger partial charge < -0.3 is 9.84 Å². The summed E-state index contributed by atoms with van der Waals surface area (Å²) in [5.41, 5.74) is 3.53. The van der Waals surface area contributed by atoms with Crippen LogP contribution >= 0.6 is 11.3 Å². The van der Waals surface area contributed by atoms with Gasteiger partial charge in [-0.15, -0.1) is 11.3 Å². The molecule has 1 aromatic carbocycles. The topological polar surface area (TPSA) is 59.4 Å². The Balaban J connectivity index is 1.43. The van der Waals surface area contributed by atoms with Gasteiger partial charge in [-0.3, -0.25) is 4.79 Å². The molecule has 0 radical (unpaired) electrons. The van der Waals surface area contributed by atoms with Crippen LogP contribution in [0.1, 0.15) is 34.7 Å². The van der Waals surface area contributed by atoms with Crippen LogP contribution in [0.5, 0.6) is 5.75 Å². The molecule has 0 unspecified atom stereocenters. The van der Waals surface area contributed by atoms with Crippen LogP contribution in [-0.2, 0) is 30.5 Å². The number of ether oxygens (including phenoxy) is 1. The van der Waals surface area contributed by atoms with E-state index in [2.05, 4.69) is 23.2 Å². The van der Waals surface area contributed by atoms with Crippen molar-refractivity contribution < 1.29 is 14.6 Å². The summed E-state index contributed by atoms with van der Waals surface area (Å²) in [6.45, 7) is 0.659. The Morgan fingerprint density at radius 1 is 1.32 bits per heavy atom. The number of carbonyl (C=O) groups is 1. The average Bonchev–Trinajstić information content (AvgIpc) is 3.11. The first kappa shape index (κ1) is 15.0. The second-order valence-electron chi connectivity index (χ2n) is 5.54. The molecule has 1 heterocycles. The highest BCUT2D eigenvalue weighted by atomic mass is 32.1. The Labute approximate surface area is 133 Å². The van der Waals surface area contributed by atoms with Gasteiger partial charge in [0.25, 0.3) is 0 Å². The van der Waals surface area contributed by atoms with Crippen molar-refractivity contribution in [1.82, 2.24) is 4.98 Å². The van der Waals surface area contributed by atoms with Crippen molar-refractivity contribution in [3.8, 4) is 5.75 Å². The van der Waals surface area contributed by atoms with Crippen LogP contribution in [0, 0.1) is 0 Å². The average molecular weight is 317 g/mol. The van der Waals surface area contributed by atoms with Gasteiger partial charge in [0.2, 0.25) is 0 Å². The highest BCUT2D eigenvalue weighted by molar-refractivity contribution is 7.09. The summed E-state index contributed by atoms with van der Waals surface area (Å²) in [5, 5.41) is 11.5. The summed E-state index contributed by atoms with van der Waals surface area (Å²) in [6, 6.07) is 6.39. The van der Waals surface area contributed by atoms with Gasteiger partial charge in [-0.2, -0.15) is 0 Å². The van der Waals surface area contributed by atoms with Crippen molar-refractivity contribution in [2.24, 2.45) is 0 Å². The molecule has 3 rings (SSSR count). The van der Waals surface area contributed by atoms with E-state index in [4.69, 9.17) is 9.84 Å². The maximum Gasteiger partial charge on any atom is 0.309 e. The molecule has 0 atom stereocenters. The van der Waals surface area contributed by atoms with E-state index in [9.17, 15) is 4.79 Å². The minimum atomic E-state index is -0.836. The minimum absolute atomic E-state index is 0.00211. The molecule has 1 aliphatic carbocycles. The van der Waals surface area contributed by atoms with Crippen LogP contribution in [0.4, 0.5) is 0 Å². The van der Waals surface area contributed by atoms with Gasteiger partial charge in [-0.25, -0.2) is 4.98 Å². The predicted octanol–water partition coefficient (Wildman–Crippen LogP) is 3.27. The molecule has 5 heteroatoms. The van der Waals surface area contributed by atoms with Crippen LogP contribution in [0.2, 0.25) is 0 Å². The third-order valence-electron chi connectivity index (χ3n) is 3.81. The fourth-order valence-electron chi connectivity index (χ4n) is 2.75. The van der Waals surface area contributed by atoms with E-state index >= 15 is 0 Å². The van der Waals surface area contributed by atoms with Gasteiger partial charge >= 0.3 is 5.97 Å². The molecule has 0 fully saturated rings. The molecule has 22 heavy (non-hydrogen) atoms. The van der Waals surface area contributed by atoms with Crippen molar-refractivity contribution in [1.29, 1.82) is 0 Å². The molecule has 1 aromatic heterocycles. The van der Waals surface area contributed by atoms with Gasteiger partial charge in [0.1, 0.15) is 5.75 Å². The number of fused-ring (bicyclic) bond motifs is 1. The first-order chi connectivity index (χ1) is 10.7. The Hall–Kier alpha value is -1.88. The third-order valence-corrected chi connectivity index (χ3v) is 4.76. The highest BCUT2D eigenvalue weighted by Crippen LogP contribution is 2.26. The Morgan fingerprint density at radius 3 is 3.05 bits per heavy atom. The van der Waals surface area contributed by atoms with E-state index in [0.29, 0.717) is 12.3 Å². The smallest absolute Gasteiger partial charge is 0.309 e. The van der Waals surface area contributed by atoms with E-state index in [1.165, 1.54) is 35.3 Å². The van der Waals surface area contributed by atoms with Crippen molar-refractivity contribution in [2.45, 2.75) is 38.5 Å². The number of aromatic nitrogens is 1. The summed E-state index contributed by atoms with van der Waals surface area (Å²) < 4.78 is 5.81. The fourth-order valence-corrected chi connectivity index (χ4v) is 3.59. The summed E-state index contributed by atoms with van der Waals surface area (Å²) in [5.74, 6) is 0.114. The van der Waals surface area contributed by atoms with Crippen molar-refractivity contribution in [2.75, 3.05) is 6.61 Å². The molecule has 4 nitrogen and oxygen atoms in total. The van der Waals surface area contributed by atoms with Gasteiger partial charge in [0.05, 0.1) is 23.7 Å². The van der Waals surface area contributed by atoms with Crippen molar-refractivity contribution in [3.63, 3.8) is 0 Å². The van der Waals surface area contributed by atoms with Crippen LogP contribution < -0.4 is 4.74 Å². The van der Waals surface area contributed by atoms with E-state index in [0.717, 1.165) is 30.0 Å². The third kappa shape index (κ3) is 3.85. The number of hydrogen-bond donors (Lipinski definition) is 1. The van der Waals surface area contributed by atoms with Crippen LogP contribution in [0.3, 0.4) is 0 Å². The lowest BCUT2D eigenvalue weighted by molar-refractivity contribution is -0.136. The molecule has 1 N–H and O–H groups in total. The summed E-state index contributed by atoms with van der Waals surface area (Å²) in [6.07, 6.45) is 5.33. The van der Waals surface area contributed by atoms with Gasteiger partial charge in [0.15, 0.2) is 0 Å². The summed E-state index contributed by atoms with van der Waals surface area (Å²) in [7, 11) is 0. The minimum Gasteiger partial charge on any atom is -0.494 e. The molecular formula is C17H19NO3S. The first-order valence-electron chi connectivity index (χ1n) is 7.60. The van der Waals surface area contributed by atoms with E-state index in [-0.39, 0.29) is 6.42 Å². The zero-order valence-corrected chi connectivity index (χ0v) is 13.2. The monoisotopic (exact) mass is 317 g/mol. The van der Waals surface area contributed by atoms with Crippen LogP contribution in [-0.4, -0.2) is 22.7 Å². The highest BCUT2D eigenvalue weighted by Gasteiger charge is 2.11. The predicted molar refractivity (Wildman–Crippen MR) is 85.7 cm³/mol. The zero-order chi connectivity index (χ0) is 15.4. The Morgan fingerprint density at radius 2 is 2.18 bits per heavy atom. The second kappa shape index (κ2) is 6.92. The molecule has 0 bridgehead atoms. The quantitative estimate of drug-likeness (QED) is 0.796. The number of carboxylic acids is 1. The van der Waals surface area contributed by atoms with Crippen LogP contribution in [0.25, 0.3) is 0 Å². The normalized spacial score (nSPS) is 13.1. The molecule has 1 aliphatic rings. The number of aliphatic carboxylic acids is 1. The summed E-state index contributed by atoms with van der Waals surface area (Å²) in [4.78, 5) is 14.9. The molecule has 2 aromatic rings. The molecule has 0 saturated carbocycles. The molecular weight excluding hydrogens is 298 g/mol.